The van der Waals surface area contributed by atoms with Gasteiger partial charge >= 0.3 is 5.97 Å². The van der Waals surface area contributed by atoms with Crippen LogP contribution < -0.4 is 0 Å². The molecule has 0 amide bonds. The van der Waals surface area contributed by atoms with Crippen molar-refractivity contribution in [3.63, 3.8) is 0 Å². The summed E-state index contributed by atoms with van der Waals surface area (Å²) in [6, 6.07) is 9.34. The lowest BCUT2D eigenvalue weighted by Gasteiger charge is -2.29. The molecule has 102 valence electrons. The van der Waals surface area contributed by atoms with E-state index in [1.54, 1.807) is 5.06 Å². The third-order valence-electron chi connectivity index (χ3n) is 4.02. The van der Waals surface area contributed by atoms with Crippen LogP contribution in [0.15, 0.2) is 30.3 Å². The van der Waals surface area contributed by atoms with Gasteiger partial charge in [0.1, 0.15) is 5.60 Å². The number of nitrogens with zero attached hydrogens (tertiary/aromatic N) is 1. The fourth-order valence-corrected chi connectivity index (χ4v) is 3.55. The first-order valence-corrected chi connectivity index (χ1v) is 6.67. The van der Waals surface area contributed by atoms with Gasteiger partial charge in [0, 0.05) is 7.05 Å². The fourth-order valence-electron chi connectivity index (χ4n) is 2.98. The van der Waals surface area contributed by atoms with Gasteiger partial charge in [0.2, 0.25) is 0 Å². The number of halogens is 1. The molecular formula is C14H16ClNO3. The van der Waals surface area contributed by atoms with Crippen LogP contribution >= 0.6 is 11.6 Å². The number of carbonyl (C=O) groups excluding carboxylic acids is 1. The molecule has 1 heterocycles. The van der Waals surface area contributed by atoms with Crippen LogP contribution in [0.3, 0.4) is 0 Å². The summed E-state index contributed by atoms with van der Waals surface area (Å²) >= 11 is 6.73. The summed E-state index contributed by atoms with van der Waals surface area (Å²) in [4.78, 5) is 16.9. The lowest BCUT2D eigenvalue weighted by molar-refractivity contribution is -0.158. The molecule has 1 aliphatic carbocycles. The Morgan fingerprint density at radius 2 is 2.05 bits per heavy atom. The number of hydroxylamine groups is 2. The molecule has 1 spiro atoms. The molecule has 1 saturated carbocycles. The Bertz CT molecular complexity index is 503. The number of alkyl halides is 1. The number of carbonyl (C=O) groups is 1. The van der Waals surface area contributed by atoms with Crippen molar-refractivity contribution < 1.29 is 14.4 Å². The zero-order valence-corrected chi connectivity index (χ0v) is 11.7. The van der Waals surface area contributed by atoms with Gasteiger partial charge in [-0.2, -0.15) is 5.06 Å². The van der Waals surface area contributed by atoms with Gasteiger partial charge in [-0.1, -0.05) is 30.3 Å². The Balaban J connectivity index is 2.08. The summed E-state index contributed by atoms with van der Waals surface area (Å²) in [5.41, 5.74) is 0.339. The smallest absolute Gasteiger partial charge is 0.332 e. The molecule has 3 rings (SSSR count). The van der Waals surface area contributed by atoms with Crippen molar-refractivity contribution >= 4 is 17.6 Å². The molecule has 1 aliphatic heterocycles. The highest BCUT2D eigenvalue weighted by Crippen LogP contribution is 2.63. The van der Waals surface area contributed by atoms with Crippen molar-refractivity contribution in [1.82, 2.24) is 5.06 Å². The lowest BCUT2D eigenvalue weighted by atomic mass is 9.87. The Labute approximate surface area is 117 Å². The number of rotatable bonds is 2. The highest BCUT2D eigenvalue weighted by molar-refractivity contribution is 6.36. The van der Waals surface area contributed by atoms with Crippen LogP contribution in [0, 0.1) is 0 Å². The minimum atomic E-state index is -1.18. The second-order valence-electron chi connectivity index (χ2n) is 5.15. The minimum Gasteiger partial charge on any atom is -0.468 e. The van der Waals surface area contributed by atoms with E-state index in [2.05, 4.69) is 0 Å². The summed E-state index contributed by atoms with van der Waals surface area (Å²) < 4.78 is 4.94. The number of esters is 1. The molecule has 1 saturated heterocycles. The van der Waals surface area contributed by atoms with Crippen LogP contribution in [0.4, 0.5) is 0 Å². The monoisotopic (exact) mass is 281 g/mol. The summed E-state index contributed by atoms with van der Waals surface area (Å²) in [5, 5.41) is 1.69. The third-order valence-corrected chi connectivity index (χ3v) is 4.73. The van der Waals surface area contributed by atoms with Crippen LogP contribution in [0.1, 0.15) is 24.4 Å². The average molecular weight is 282 g/mol. The molecule has 2 fully saturated rings. The van der Waals surface area contributed by atoms with E-state index in [1.807, 2.05) is 37.4 Å². The van der Waals surface area contributed by atoms with Gasteiger partial charge in [0.25, 0.3) is 0 Å². The maximum Gasteiger partial charge on any atom is 0.332 e. The van der Waals surface area contributed by atoms with Gasteiger partial charge in [-0.05, 0) is 18.4 Å². The molecule has 19 heavy (non-hydrogen) atoms. The first kappa shape index (κ1) is 12.9. The fraction of sp³-hybridized carbons (Fsp3) is 0.500. The van der Waals surface area contributed by atoms with E-state index in [-0.39, 0.29) is 6.04 Å². The largest absolute Gasteiger partial charge is 0.468 e. The first-order chi connectivity index (χ1) is 9.05. The second kappa shape index (κ2) is 4.20. The first-order valence-electron chi connectivity index (χ1n) is 6.29. The van der Waals surface area contributed by atoms with E-state index < -0.39 is 16.4 Å². The highest BCUT2D eigenvalue weighted by Gasteiger charge is 2.74. The van der Waals surface area contributed by atoms with Gasteiger partial charge in [0.15, 0.2) is 4.87 Å². The third kappa shape index (κ3) is 1.64. The number of methoxy groups -OCH3 is 1. The molecule has 5 heteroatoms. The van der Waals surface area contributed by atoms with E-state index in [0.29, 0.717) is 0 Å². The molecule has 1 aromatic carbocycles. The van der Waals surface area contributed by atoms with Gasteiger partial charge in [-0.15, -0.1) is 11.6 Å². The van der Waals surface area contributed by atoms with Crippen LogP contribution in [0.25, 0.3) is 0 Å². The van der Waals surface area contributed by atoms with Crippen molar-refractivity contribution in [2.75, 3.05) is 14.2 Å². The van der Waals surface area contributed by atoms with Crippen molar-refractivity contribution in [3.05, 3.63) is 35.9 Å². The quantitative estimate of drug-likeness (QED) is 0.616. The topological polar surface area (TPSA) is 38.8 Å². The molecule has 2 atom stereocenters. The van der Waals surface area contributed by atoms with Crippen LogP contribution in [-0.4, -0.2) is 35.7 Å². The molecule has 0 unspecified atom stereocenters. The molecule has 0 aromatic heterocycles. The zero-order valence-electron chi connectivity index (χ0n) is 10.9. The van der Waals surface area contributed by atoms with E-state index in [4.69, 9.17) is 21.2 Å². The lowest BCUT2D eigenvalue weighted by Crippen LogP contribution is -2.48. The average Bonchev–Trinajstić information content (AvgIpc) is 3.15. The zero-order chi connectivity index (χ0) is 13.7. The molecule has 0 bridgehead atoms. The van der Waals surface area contributed by atoms with Crippen molar-refractivity contribution in [3.8, 4) is 0 Å². The van der Waals surface area contributed by atoms with Crippen LogP contribution in [-0.2, 0) is 14.4 Å². The van der Waals surface area contributed by atoms with Crippen LogP contribution in [0.2, 0.25) is 0 Å². The highest BCUT2D eigenvalue weighted by atomic mass is 35.5. The van der Waals surface area contributed by atoms with Gasteiger partial charge in [0.05, 0.1) is 13.2 Å². The number of hydrogen-bond acceptors (Lipinski definition) is 4. The van der Waals surface area contributed by atoms with Crippen molar-refractivity contribution in [2.45, 2.75) is 29.4 Å². The summed E-state index contributed by atoms with van der Waals surface area (Å²) in [5.74, 6) is -0.426. The molecular weight excluding hydrogens is 266 g/mol. The molecule has 0 N–H and O–H groups in total. The molecule has 0 radical (unpaired) electrons. The predicted molar refractivity (Wildman–Crippen MR) is 70.6 cm³/mol. The summed E-state index contributed by atoms with van der Waals surface area (Å²) in [7, 11) is 3.17. The summed E-state index contributed by atoms with van der Waals surface area (Å²) in [6.07, 6.45) is 1.55. The van der Waals surface area contributed by atoms with Gasteiger partial charge in [-0.25, -0.2) is 4.79 Å². The molecule has 2 aliphatic rings. The van der Waals surface area contributed by atoms with Gasteiger partial charge in [-0.3, -0.25) is 4.84 Å². The SMILES string of the molecule is COC(=O)[C@@]1(Cl)[C@H](c2ccccc2)N(C)OC12CC2. The normalized spacial score (nSPS) is 32.5. The standard InChI is InChI=1S/C14H16ClNO3/c1-16-11(10-6-4-3-5-7-10)14(15,12(17)18-2)13(19-16)8-9-13/h3-7,11H,8-9H2,1-2H3/t11-,14-/m0/s1. The molecule has 4 nitrogen and oxygen atoms in total. The Morgan fingerprint density at radius 3 is 2.58 bits per heavy atom. The van der Waals surface area contributed by atoms with E-state index >= 15 is 0 Å². The maximum atomic E-state index is 12.3. The second-order valence-corrected chi connectivity index (χ2v) is 5.74. The number of ether oxygens (including phenoxy) is 1. The predicted octanol–water partition coefficient (Wildman–Crippen LogP) is 2.29. The summed E-state index contributed by atoms with van der Waals surface area (Å²) in [6.45, 7) is 0. The van der Waals surface area contributed by atoms with E-state index in [0.717, 1.165) is 18.4 Å². The van der Waals surface area contributed by atoms with Gasteiger partial charge < -0.3 is 4.74 Å². The molecule has 1 aromatic rings. The van der Waals surface area contributed by atoms with Crippen molar-refractivity contribution in [1.29, 1.82) is 0 Å². The van der Waals surface area contributed by atoms with E-state index in [9.17, 15) is 4.79 Å². The Morgan fingerprint density at radius 1 is 1.42 bits per heavy atom. The number of hydrogen-bond donors (Lipinski definition) is 0. The van der Waals surface area contributed by atoms with Crippen LogP contribution in [0.5, 0.6) is 0 Å². The Kier molecular flexibility index (Phi) is 2.85. The minimum absolute atomic E-state index is 0.342. The maximum absolute atomic E-state index is 12.3. The number of benzene rings is 1. The Hall–Kier alpha value is -1.10. The van der Waals surface area contributed by atoms with Crippen molar-refractivity contribution in [2.24, 2.45) is 0 Å². The van der Waals surface area contributed by atoms with E-state index in [1.165, 1.54) is 7.11 Å².